The fourth-order valence-corrected chi connectivity index (χ4v) is 1.26. The standard InChI is InChI=1S/C12H25NO2/c1-6-9-15-12(4,5)8-7-11(14)13-10(2)3/h10H,6-9H2,1-5H3,(H,13,14). The Balaban J connectivity index is 3.77. The number of hydrogen-bond donors (Lipinski definition) is 1. The maximum absolute atomic E-state index is 11.4. The fraction of sp³-hybridized carbons (Fsp3) is 0.917. The highest BCUT2D eigenvalue weighted by Gasteiger charge is 2.19. The Labute approximate surface area is 93.6 Å². The van der Waals surface area contributed by atoms with Gasteiger partial charge in [0.15, 0.2) is 0 Å². The van der Waals surface area contributed by atoms with E-state index in [-0.39, 0.29) is 17.6 Å². The van der Waals surface area contributed by atoms with Gasteiger partial charge in [0.25, 0.3) is 0 Å². The molecule has 0 aliphatic carbocycles. The van der Waals surface area contributed by atoms with Crippen molar-refractivity contribution in [3.05, 3.63) is 0 Å². The quantitative estimate of drug-likeness (QED) is 0.708. The number of nitrogens with one attached hydrogen (secondary N) is 1. The van der Waals surface area contributed by atoms with Crippen LogP contribution in [-0.2, 0) is 9.53 Å². The summed E-state index contributed by atoms with van der Waals surface area (Å²) >= 11 is 0. The van der Waals surface area contributed by atoms with E-state index in [0.717, 1.165) is 19.4 Å². The molecule has 0 rings (SSSR count). The summed E-state index contributed by atoms with van der Waals surface area (Å²) in [5.41, 5.74) is -0.190. The van der Waals surface area contributed by atoms with Crippen LogP contribution in [0.4, 0.5) is 0 Å². The molecule has 0 atom stereocenters. The number of ether oxygens (including phenoxy) is 1. The van der Waals surface area contributed by atoms with Crippen LogP contribution in [0.25, 0.3) is 0 Å². The lowest BCUT2D eigenvalue weighted by molar-refractivity contribution is -0.123. The number of hydrogen-bond acceptors (Lipinski definition) is 2. The molecule has 15 heavy (non-hydrogen) atoms. The molecule has 0 unspecified atom stereocenters. The normalized spacial score (nSPS) is 11.9. The average Bonchev–Trinajstić information content (AvgIpc) is 2.11. The van der Waals surface area contributed by atoms with E-state index >= 15 is 0 Å². The number of carbonyl (C=O) groups is 1. The van der Waals surface area contributed by atoms with Crippen molar-refractivity contribution in [2.45, 2.75) is 65.5 Å². The van der Waals surface area contributed by atoms with Crippen LogP contribution in [0.1, 0.15) is 53.9 Å². The molecule has 0 radical (unpaired) electrons. The van der Waals surface area contributed by atoms with Crippen LogP contribution in [0.2, 0.25) is 0 Å². The number of amides is 1. The highest BCUT2D eigenvalue weighted by molar-refractivity contribution is 5.76. The predicted molar refractivity (Wildman–Crippen MR) is 62.8 cm³/mol. The lowest BCUT2D eigenvalue weighted by Crippen LogP contribution is -2.33. The molecule has 0 fully saturated rings. The first-order chi connectivity index (χ1) is 6.87. The number of rotatable bonds is 7. The minimum absolute atomic E-state index is 0.109. The van der Waals surface area contributed by atoms with Crippen molar-refractivity contribution in [1.29, 1.82) is 0 Å². The van der Waals surface area contributed by atoms with Crippen LogP contribution in [-0.4, -0.2) is 24.2 Å². The maximum atomic E-state index is 11.4. The lowest BCUT2D eigenvalue weighted by Gasteiger charge is -2.25. The first kappa shape index (κ1) is 14.4. The molecule has 90 valence electrons. The van der Waals surface area contributed by atoms with Crippen LogP contribution in [0.5, 0.6) is 0 Å². The molecule has 0 spiro atoms. The predicted octanol–water partition coefficient (Wildman–Crippen LogP) is 2.50. The number of carbonyl (C=O) groups excluding carboxylic acids is 1. The van der Waals surface area contributed by atoms with Crippen LogP contribution in [0.3, 0.4) is 0 Å². The second-order valence-electron chi connectivity index (χ2n) is 4.83. The molecule has 1 amide bonds. The average molecular weight is 215 g/mol. The molecular formula is C12H25NO2. The summed E-state index contributed by atoms with van der Waals surface area (Å²) < 4.78 is 5.65. The maximum Gasteiger partial charge on any atom is 0.220 e. The Kier molecular flexibility index (Phi) is 6.57. The van der Waals surface area contributed by atoms with Gasteiger partial charge in [-0.15, -0.1) is 0 Å². The van der Waals surface area contributed by atoms with Crippen molar-refractivity contribution in [2.24, 2.45) is 0 Å². The molecule has 0 saturated carbocycles. The Hall–Kier alpha value is -0.570. The lowest BCUT2D eigenvalue weighted by atomic mass is 10.0. The van der Waals surface area contributed by atoms with Gasteiger partial charge in [0, 0.05) is 19.1 Å². The zero-order chi connectivity index (χ0) is 11.9. The van der Waals surface area contributed by atoms with E-state index in [0.29, 0.717) is 6.42 Å². The van der Waals surface area contributed by atoms with Crippen molar-refractivity contribution in [3.8, 4) is 0 Å². The van der Waals surface area contributed by atoms with Gasteiger partial charge < -0.3 is 10.1 Å². The summed E-state index contributed by atoms with van der Waals surface area (Å²) in [6.07, 6.45) is 2.32. The Bertz CT molecular complexity index is 188. The largest absolute Gasteiger partial charge is 0.376 e. The van der Waals surface area contributed by atoms with Gasteiger partial charge in [-0.1, -0.05) is 6.92 Å². The van der Waals surface area contributed by atoms with Crippen molar-refractivity contribution in [2.75, 3.05) is 6.61 Å². The summed E-state index contributed by atoms with van der Waals surface area (Å²) in [6, 6.07) is 0.220. The summed E-state index contributed by atoms with van der Waals surface area (Å²) in [6.45, 7) is 10.9. The zero-order valence-corrected chi connectivity index (χ0v) is 10.7. The van der Waals surface area contributed by atoms with Crippen LogP contribution in [0.15, 0.2) is 0 Å². The van der Waals surface area contributed by atoms with Crippen LogP contribution < -0.4 is 5.32 Å². The van der Waals surface area contributed by atoms with E-state index in [1.54, 1.807) is 0 Å². The Morgan fingerprint density at radius 2 is 2.00 bits per heavy atom. The van der Waals surface area contributed by atoms with Crippen molar-refractivity contribution in [3.63, 3.8) is 0 Å². The molecular weight excluding hydrogens is 190 g/mol. The molecule has 0 heterocycles. The zero-order valence-electron chi connectivity index (χ0n) is 10.7. The molecule has 0 aliphatic rings. The van der Waals surface area contributed by atoms with E-state index in [1.807, 2.05) is 27.7 Å². The second kappa shape index (κ2) is 6.83. The smallest absolute Gasteiger partial charge is 0.220 e. The molecule has 3 nitrogen and oxygen atoms in total. The molecule has 0 saturated heterocycles. The van der Waals surface area contributed by atoms with E-state index in [9.17, 15) is 4.79 Å². The van der Waals surface area contributed by atoms with E-state index in [2.05, 4.69) is 12.2 Å². The third-order valence-electron chi connectivity index (χ3n) is 2.10. The van der Waals surface area contributed by atoms with Crippen LogP contribution >= 0.6 is 0 Å². The van der Waals surface area contributed by atoms with Crippen LogP contribution in [0, 0.1) is 0 Å². The monoisotopic (exact) mass is 215 g/mol. The fourth-order valence-electron chi connectivity index (χ4n) is 1.26. The van der Waals surface area contributed by atoms with Gasteiger partial charge in [-0.05, 0) is 40.5 Å². The topological polar surface area (TPSA) is 38.3 Å². The molecule has 0 aromatic carbocycles. The van der Waals surface area contributed by atoms with Gasteiger partial charge >= 0.3 is 0 Å². The minimum Gasteiger partial charge on any atom is -0.376 e. The molecule has 1 N–H and O–H groups in total. The highest BCUT2D eigenvalue weighted by Crippen LogP contribution is 2.16. The van der Waals surface area contributed by atoms with Gasteiger partial charge in [0.05, 0.1) is 5.60 Å². The highest BCUT2D eigenvalue weighted by atomic mass is 16.5. The van der Waals surface area contributed by atoms with Gasteiger partial charge in [-0.25, -0.2) is 0 Å². The molecule has 0 bridgehead atoms. The summed E-state index contributed by atoms with van der Waals surface area (Å²) in [5.74, 6) is 0.109. The third-order valence-corrected chi connectivity index (χ3v) is 2.10. The first-order valence-corrected chi connectivity index (χ1v) is 5.80. The second-order valence-corrected chi connectivity index (χ2v) is 4.83. The first-order valence-electron chi connectivity index (χ1n) is 5.80. The molecule has 0 aromatic heterocycles. The summed E-state index contributed by atoms with van der Waals surface area (Å²) in [4.78, 5) is 11.4. The molecule has 0 aliphatic heterocycles. The van der Waals surface area contributed by atoms with E-state index < -0.39 is 0 Å². The van der Waals surface area contributed by atoms with Crippen molar-refractivity contribution in [1.82, 2.24) is 5.32 Å². The Morgan fingerprint density at radius 3 is 2.47 bits per heavy atom. The van der Waals surface area contributed by atoms with E-state index in [4.69, 9.17) is 4.74 Å². The van der Waals surface area contributed by atoms with E-state index in [1.165, 1.54) is 0 Å². The third kappa shape index (κ3) is 8.43. The van der Waals surface area contributed by atoms with Crippen molar-refractivity contribution < 1.29 is 9.53 Å². The van der Waals surface area contributed by atoms with Gasteiger partial charge in [0.2, 0.25) is 5.91 Å². The summed E-state index contributed by atoms with van der Waals surface area (Å²) in [5, 5.41) is 2.88. The van der Waals surface area contributed by atoms with Crippen molar-refractivity contribution >= 4 is 5.91 Å². The SMILES string of the molecule is CCCOC(C)(C)CCC(=O)NC(C)C. The molecule has 0 aromatic rings. The van der Waals surface area contributed by atoms with Gasteiger partial charge in [0.1, 0.15) is 0 Å². The van der Waals surface area contributed by atoms with Gasteiger partial charge in [-0.3, -0.25) is 4.79 Å². The molecule has 3 heteroatoms. The summed E-state index contributed by atoms with van der Waals surface area (Å²) in [7, 11) is 0. The van der Waals surface area contributed by atoms with Gasteiger partial charge in [-0.2, -0.15) is 0 Å². The Morgan fingerprint density at radius 1 is 1.40 bits per heavy atom. The minimum atomic E-state index is -0.190.